The topological polar surface area (TPSA) is 59.9 Å². The first-order chi connectivity index (χ1) is 8.76. The average molecular weight is 287 g/mol. The van der Waals surface area contributed by atoms with Crippen molar-refractivity contribution in [1.29, 1.82) is 0 Å². The molecule has 0 fully saturated rings. The van der Waals surface area contributed by atoms with Crippen molar-refractivity contribution in [2.75, 3.05) is 24.9 Å². The quantitative estimate of drug-likeness (QED) is 0.827. The number of methoxy groups -OCH3 is 1. The number of ether oxygens (including phenoxy) is 1. The molecule has 0 amide bonds. The van der Waals surface area contributed by atoms with Crippen molar-refractivity contribution in [2.24, 2.45) is 0 Å². The summed E-state index contributed by atoms with van der Waals surface area (Å²) in [5, 5.41) is 4.34. The molecule has 5 nitrogen and oxygen atoms in total. The molecule has 0 saturated carbocycles. The maximum absolute atomic E-state index is 5.79. The van der Waals surface area contributed by atoms with E-state index in [1.54, 1.807) is 13.4 Å². The van der Waals surface area contributed by atoms with Gasteiger partial charge in [0.1, 0.15) is 17.0 Å². The number of aryl methyl sites for hydroxylation is 1. The average Bonchev–Trinajstić information content (AvgIpc) is 2.73. The molecule has 18 heavy (non-hydrogen) atoms. The van der Waals surface area contributed by atoms with Gasteiger partial charge >= 0.3 is 0 Å². The molecular formula is C11H15ClN4OS. The minimum absolute atomic E-state index is 0.143. The van der Waals surface area contributed by atoms with Crippen LogP contribution >= 0.6 is 23.1 Å². The van der Waals surface area contributed by atoms with Gasteiger partial charge in [0, 0.05) is 13.0 Å². The van der Waals surface area contributed by atoms with Gasteiger partial charge in [0.15, 0.2) is 0 Å². The van der Waals surface area contributed by atoms with Gasteiger partial charge in [0.2, 0.25) is 0 Å². The number of halogens is 1. The lowest BCUT2D eigenvalue weighted by Gasteiger charge is -2.17. The monoisotopic (exact) mass is 286 g/mol. The number of hydrogen-bond donors (Lipinski definition) is 1. The number of aromatic nitrogens is 3. The molecule has 98 valence electrons. The van der Waals surface area contributed by atoms with E-state index in [9.17, 15) is 0 Å². The van der Waals surface area contributed by atoms with Crippen molar-refractivity contribution in [2.45, 2.75) is 19.4 Å². The number of nitrogens with zero attached hydrogens (tertiary/aromatic N) is 3. The summed E-state index contributed by atoms with van der Waals surface area (Å²) in [4.78, 5) is 9.40. The van der Waals surface area contributed by atoms with Crippen molar-refractivity contribution in [3.05, 3.63) is 12.0 Å². The first kappa shape index (κ1) is 13.5. The highest BCUT2D eigenvalue weighted by Gasteiger charge is 2.14. The Morgan fingerprint density at radius 2 is 2.33 bits per heavy atom. The Hall–Kier alpha value is -0.980. The number of hydrogen-bond acceptors (Lipinski definition) is 6. The Morgan fingerprint density at radius 1 is 1.50 bits per heavy atom. The van der Waals surface area contributed by atoms with Crippen LogP contribution in [-0.4, -0.2) is 40.0 Å². The van der Waals surface area contributed by atoms with Crippen LogP contribution in [-0.2, 0) is 4.74 Å². The molecular weight excluding hydrogens is 272 g/mol. The third-order valence-corrected chi connectivity index (χ3v) is 3.68. The van der Waals surface area contributed by atoms with Crippen LogP contribution in [0, 0.1) is 6.92 Å². The third-order valence-electron chi connectivity index (χ3n) is 2.61. The van der Waals surface area contributed by atoms with E-state index in [-0.39, 0.29) is 6.04 Å². The molecule has 2 heterocycles. The number of rotatable bonds is 6. The number of alkyl halides is 1. The highest BCUT2D eigenvalue weighted by molar-refractivity contribution is 7.13. The third kappa shape index (κ3) is 2.88. The summed E-state index contributed by atoms with van der Waals surface area (Å²) >= 11 is 7.17. The van der Waals surface area contributed by atoms with E-state index < -0.39 is 0 Å². The van der Waals surface area contributed by atoms with Crippen molar-refractivity contribution in [3.8, 4) is 0 Å². The SMILES string of the molecule is COCC(CCCl)Nc1ncnc2snc(C)c12. The highest BCUT2D eigenvalue weighted by atomic mass is 35.5. The number of fused-ring (bicyclic) bond motifs is 1. The van der Waals surface area contributed by atoms with Crippen LogP contribution in [0.2, 0.25) is 0 Å². The van der Waals surface area contributed by atoms with Crippen molar-refractivity contribution in [3.63, 3.8) is 0 Å². The van der Waals surface area contributed by atoms with Crippen LogP contribution < -0.4 is 5.32 Å². The van der Waals surface area contributed by atoms with Crippen LogP contribution in [0.15, 0.2) is 6.33 Å². The van der Waals surface area contributed by atoms with Gasteiger partial charge in [0.25, 0.3) is 0 Å². The van der Waals surface area contributed by atoms with Crippen LogP contribution in [0.1, 0.15) is 12.1 Å². The molecule has 2 aromatic heterocycles. The molecule has 1 atom stereocenters. The van der Waals surface area contributed by atoms with E-state index in [1.807, 2.05) is 6.92 Å². The van der Waals surface area contributed by atoms with Crippen LogP contribution in [0.25, 0.3) is 10.2 Å². The largest absolute Gasteiger partial charge is 0.383 e. The lowest BCUT2D eigenvalue weighted by atomic mass is 10.2. The molecule has 0 bridgehead atoms. The van der Waals surface area contributed by atoms with E-state index in [2.05, 4.69) is 19.7 Å². The normalized spacial score (nSPS) is 12.8. The van der Waals surface area contributed by atoms with E-state index in [0.29, 0.717) is 12.5 Å². The van der Waals surface area contributed by atoms with Crippen LogP contribution in [0.3, 0.4) is 0 Å². The molecule has 1 unspecified atom stereocenters. The smallest absolute Gasteiger partial charge is 0.149 e. The summed E-state index contributed by atoms with van der Waals surface area (Å²) in [7, 11) is 1.68. The van der Waals surface area contributed by atoms with Gasteiger partial charge < -0.3 is 10.1 Å². The summed E-state index contributed by atoms with van der Waals surface area (Å²) in [5.74, 6) is 1.38. The molecule has 0 aliphatic rings. The van der Waals surface area contributed by atoms with Gasteiger partial charge in [-0.3, -0.25) is 0 Å². The second-order valence-corrected chi connectivity index (χ2v) is 5.07. The first-order valence-corrected chi connectivity index (χ1v) is 6.95. The molecule has 0 aromatic carbocycles. The Kier molecular flexibility index (Phi) is 4.68. The molecule has 2 rings (SSSR count). The summed E-state index contributed by atoms with van der Waals surface area (Å²) in [6.07, 6.45) is 2.37. The standard InChI is InChI=1S/C11H15ClN4OS/c1-7-9-10(13-6-14-11(9)18-16-7)15-8(3-4-12)5-17-2/h6,8H,3-5H2,1-2H3,(H,13,14,15). The minimum atomic E-state index is 0.143. The molecule has 0 aliphatic heterocycles. The second-order valence-electron chi connectivity index (χ2n) is 3.94. The molecule has 0 spiro atoms. The van der Waals surface area contributed by atoms with E-state index in [4.69, 9.17) is 16.3 Å². The predicted octanol–water partition coefficient (Wildman–Crippen LogP) is 2.45. The maximum atomic E-state index is 5.79. The van der Waals surface area contributed by atoms with Gasteiger partial charge in [0.05, 0.1) is 23.7 Å². The number of nitrogens with one attached hydrogen (secondary N) is 1. The first-order valence-electron chi connectivity index (χ1n) is 5.64. The van der Waals surface area contributed by atoms with Crippen molar-refractivity contribution < 1.29 is 4.74 Å². The Labute approximate surface area is 115 Å². The fraction of sp³-hybridized carbons (Fsp3) is 0.545. The van der Waals surface area contributed by atoms with Gasteiger partial charge in [-0.25, -0.2) is 9.97 Å². The highest BCUT2D eigenvalue weighted by Crippen LogP contribution is 2.26. The van der Waals surface area contributed by atoms with Crippen LogP contribution in [0.5, 0.6) is 0 Å². The minimum Gasteiger partial charge on any atom is -0.383 e. The molecule has 7 heteroatoms. The van der Waals surface area contributed by atoms with Gasteiger partial charge in [-0.1, -0.05) is 0 Å². The zero-order valence-corrected chi connectivity index (χ0v) is 11.9. The summed E-state index contributed by atoms with van der Waals surface area (Å²) in [5.41, 5.74) is 0.945. The summed E-state index contributed by atoms with van der Waals surface area (Å²) in [6, 6.07) is 0.143. The summed E-state index contributed by atoms with van der Waals surface area (Å²) < 4.78 is 9.47. The number of anilines is 1. The Bertz CT molecular complexity index is 513. The van der Waals surface area contributed by atoms with Crippen LogP contribution in [0.4, 0.5) is 5.82 Å². The molecule has 2 aromatic rings. The second kappa shape index (κ2) is 6.26. The van der Waals surface area contributed by atoms with Gasteiger partial charge in [-0.2, -0.15) is 4.37 Å². The fourth-order valence-electron chi connectivity index (χ4n) is 1.75. The lowest BCUT2D eigenvalue weighted by molar-refractivity contribution is 0.184. The molecule has 0 radical (unpaired) electrons. The van der Waals surface area contributed by atoms with E-state index in [1.165, 1.54) is 11.5 Å². The maximum Gasteiger partial charge on any atom is 0.149 e. The summed E-state index contributed by atoms with van der Waals surface area (Å²) in [6.45, 7) is 2.55. The Balaban J connectivity index is 2.26. The van der Waals surface area contributed by atoms with E-state index in [0.717, 1.165) is 28.1 Å². The molecule has 0 saturated heterocycles. The fourth-order valence-corrected chi connectivity index (χ4v) is 2.76. The zero-order valence-electron chi connectivity index (χ0n) is 10.3. The predicted molar refractivity (Wildman–Crippen MR) is 74.6 cm³/mol. The Morgan fingerprint density at radius 3 is 3.06 bits per heavy atom. The van der Waals surface area contributed by atoms with Gasteiger partial charge in [-0.15, -0.1) is 11.6 Å². The lowest BCUT2D eigenvalue weighted by Crippen LogP contribution is -2.26. The van der Waals surface area contributed by atoms with Gasteiger partial charge in [-0.05, 0) is 24.9 Å². The zero-order chi connectivity index (χ0) is 13.0. The van der Waals surface area contributed by atoms with Crippen molar-refractivity contribution >= 4 is 39.2 Å². The molecule has 1 N–H and O–H groups in total. The van der Waals surface area contributed by atoms with Crippen molar-refractivity contribution in [1.82, 2.24) is 14.3 Å². The molecule has 0 aliphatic carbocycles. The van der Waals surface area contributed by atoms with E-state index >= 15 is 0 Å².